The molecule has 1 aromatic heterocycles. The molecule has 0 unspecified atom stereocenters. The van der Waals surface area contributed by atoms with Crippen molar-refractivity contribution in [3.05, 3.63) is 59.2 Å². The Labute approximate surface area is 161 Å². The van der Waals surface area contributed by atoms with Crippen LogP contribution in [0.2, 0.25) is 0 Å². The monoisotopic (exact) mass is 364 g/mol. The number of benzene rings is 1. The molecule has 2 fully saturated rings. The van der Waals surface area contributed by atoms with Gasteiger partial charge in [-0.3, -0.25) is 4.79 Å². The first-order chi connectivity index (χ1) is 13.1. The third-order valence-electron chi connectivity index (χ3n) is 5.49. The van der Waals surface area contributed by atoms with E-state index < -0.39 is 0 Å². The Morgan fingerprint density at radius 1 is 1.07 bits per heavy atom. The number of likely N-dealkylation sites (tertiary alicyclic amines) is 1. The van der Waals surface area contributed by atoms with Gasteiger partial charge in [-0.25, -0.2) is 9.97 Å². The molecule has 2 aliphatic rings. The fraction of sp³-hybridized carbons (Fsp3) is 0.500. The lowest BCUT2D eigenvalue weighted by Crippen LogP contribution is -2.38. The van der Waals surface area contributed by atoms with E-state index in [4.69, 9.17) is 0 Å². The first kappa shape index (κ1) is 18.1. The molecular formula is C22H28N4O. The van der Waals surface area contributed by atoms with Gasteiger partial charge in [0.15, 0.2) is 0 Å². The van der Waals surface area contributed by atoms with Gasteiger partial charge in [0.2, 0.25) is 0 Å². The number of carbonyl (C=O) groups excluding carboxylic acids is 1. The smallest absolute Gasteiger partial charge is 0.257 e. The van der Waals surface area contributed by atoms with Gasteiger partial charge in [0.1, 0.15) is 5.82 Å². The number of carbonyl (C=O) groups is 1. The van der Waals surface area contributed by atoms with Crippen molar-refractivity contribution in [2.45, 2.75) is 50.6 Å². The normalized spacial score (nSPS) is 20.1. The van der Waals surface area contributed by atoms with Crippen LogP contribution in [-0.4, -0.2) is 46.3 Å². The number of aromatic nitrogens is 2. The lowest BCUT2D eigenvalue weighted by Gasteiger charge is -2.36. The zero-order valence-electron chi connectivity index (χ0n) is 16.3. The Kier molecular flexibility index (Phi) is 5.21. The highest BCUT2D eigenvalue weighted by Crippen LogP contribution is 2.38. The van der Waals surface area contributed by atoms with E-state index in [0.29, 0.717) is 11.5 Å². The molecule has 2 aromatic rings. The number of hydrogen-bond acceptors (Lipinski definition) is 4. The van der Waals surface area contributed by atoms with Gasteiger partial charge >= 0.3 is 0 Å². The van der Waals surface area contributed by atoms with Gasteiger partial charge in [-0.15, -0.1) is 0 Å². The van der Waals surface area contributed by atoms with Crippen LogP contribution in [0, 0.1) is 0 Å². The third kappa shape index (κ3) is 4.19. The van der Waals surface area contributed by atoms with Gasteiger partial charge in [-0.05, 0) is 57.3 Å². The Hall–Kier alpha value is -2.27. The molecule has 5 nitrogen and oxygen atoms in total. The fourth-order valence-corrected chi connectivity index (χ4v) is 3.90. The van der Waals surface area contributed by atoms with Crippen molar-refractivity contribution in [3.63, 3.8) is 0 Å². The lowest BCUT2D eigenvalue weighted by molar-refractivity contribution is 0.0610. The van der Waals surface area contributed by atoms with Gasteiger partial charge in [-0.2, -0.15) is 0 Å². The summed E-state index contributed by atoms with van der Waals surface area (Å²) in [4.78, 5) is 26.2. The van der Waals surface area contributed by atoms with Crippen LogP contribution in [0.1, 0.15) is 71.4 Å². The van der Waals surface area contributed by atoms with Crippen LogP contribution >= 0.6 is 0 Å². The van der Waals surface area contributed by atoms with E-state index in [1.165, 1.54) is 24.0 Å². The van der Waals surface area contributed by atoms with Gasteiger partial charge < -0.3 is 9.80 Å². The van der Waals surface area contributed by atoms with Gasteiger partial charge in [0.05, 0.1) is 11.6 Å². The van der Waals surface area contributed by atoms with Crippen molar-refractivity contribution in [3.8, 4) is 0 Å². The summed E-state index contributed by atoms with van der Waals surface area (Å²) in [5.74, 6) is 1.45. The molecule has 1 aromatic carbocycles. The van der Waals surface area contributed by atoms with Crippen molar-refractivity contribution in [2.75, 3.05) is 20.6 Å². The minimum Gasteiger partial charge on any atom is -0.332 e. The van der Waals surface area contributed by atoms with E-state index in [2.05, 4.69) is 53.2 Å². The third-order valence-corrected chi connectivity index (χ3v) is 5.49. The second kappa shape index (κ2) is 7.77. The Bertz CT molecular complexity index is 781. The molecule has 5 heteroatoms. The Morgan fingerprint density at radius 3 is 2.41 bits per heavy atom. The average molecular weight is 364 g/mol. The molecule has 1 aliphatic heterocycles. The van der Waals surface area contributed by atoms with Crippen LogP contribution < -0.4 is 0 Å². The second-order valence-corrected chi connectivity index (χ2v) is 8.09. The van der Waals surface area contributed by atoms with E-state index in [-0.39, 0.29) is 11.9 Å². The van der Waals surface area contributed by atoms with E-state index in [9.17, 15) is 4.79 Å². The molecular weight excluding hydrogens is 336 g/mol. The summed E-state index contributed by atoms with van der Waals surface area (Å²) in [5.41, 5.74) is 3.12. The maximum atomic E-state index is 13.1. The van der Waals surface area contributed by atoms with E-state index in [1.54, 1.807) is 12.4 Å². The summed E-state index contributed by atoms with van der Waals surface area (Å²) in [6.45, 7) is 1.73. The first-order valence-corrected chi connectivity index (χ1v) is 9.98. The minimum atomic E-state index is 0.0550. The molecule has 27 heavy (non-hydrogen) atoms. The van der Waals surface area contributed by atoms with Gasteiger partial charge in [0.25, 0.3) is 5.91 Å². The van der Waals surface area contributed by atoms with Crippen molar-refractivity contribution in [1.29, 1.82) is 0 Å². The van der Waals surface area contributed by atoms with Crippen molar-refractivity contribution < 1.29 is 4.79 Å². The van der Waals surface area contributed by atoms with Crippen molar-refractivity contribution in [1.82, 2.24) is 19.8 Å². The molecule has 0 radical (unpaired) electrons. The van der Waals surface area contributed by atoms with Crippen LogP contribution in [0.3, 0.4) is 0 Å². The van der Waals surface area contributed by atoms with Gasteiger partial charge in [0, 0.05) is 31.4 Å². The van der Waals surface area contributed by atoms with Crippen molar-refractivity contribution >= 4 is 5.91 Å². The topological polar surface area (TPSA) is 49.3 Å². The average Bonchev–Trinajstić information content (AvgIpc) is 3.53. The molecule has 0 spiro atoms. The van der Waals surface area contributed by atoms with E-state index in [0.717, 1.165) is 38.2 Å². The van der Waals surface area contributed by atoms with Crippen LogP contribution in [-0.2, 0) is 6.54 Å². The maximum absolute atomic E-state index is 13.1. The number of amides is 1. The summed E-state index contributed by atoms with van der Waals surface area (Å²) in [6.07, 6.45) is 9.01. The standard InChI is InChI=1S/C22H28N4O/c1-25(2)15-16-6-8-17(9-7-16)20-5-3-4-12-26(20)22(27)19-13-23-21(24-14-19)18-10-11-18/h6-9,13-14,18,20H,3-5,10-12,15H2,1-2H3/t20-/m0/s1. The number of nitrogens with zero attached hydrogens (tertiary/aromatic N) is 4. The zero-order chi connectivity index (χ0) is 18.8. The summed E-state index contributed by atoms with van der Waals surface area (Å²) < 4.78 is 0. The molecule has 2 heterocycles. The molecule has 0 N–H and O–H groups in total. The quantitative estimate of drug-likeness (QED) is 0.810. The van der Waals surface area contributed by atoms with Crippen molar-refractivity contribution in [2.24, 2.45) is 0 Å². The Morgan fingerprint density at radius 2 is 1.78 bits per heavy atom. The SMILES string of the molecule is CN(C)Cc1ccc([C@@H]2CCCCN2C(=O)c2cnc(C3CC3)nc2)cc1. The largest absolute Gasteiger partial charge is 0.332 e. The minimum absolute atomic E-state index is 0.0550. The second-order valence-electron chi connectivity index (χ2n) is 8.09. The zero-order valence-corrected chi connectivity index (χ0v) is 16.3. The highest BCUT2D eigenvalue weighted by Gasteiger charge is 2.30. The van der Waals surface area contributed by atoms with Gasteiger partial charge in [-0.1, -0.05) is 24.3 Å². The fourth-order valence-electron chi connectivity index (χ4n) is 3.90. The first-order valence-electron chi connectivity index (χ1n) is 9.98. The number of piperidine rings is 1. The number of hydrogen-bond donors (Lipinski definition) is 0. The highest BCUT2D eigenvalue weighted by atomic mass is 16.2. The summed E-state index contributed by atoms with van der Waals surface area (Å²) in [6, 6.07) is 8.87. The molecule has 4 rings (SSSR count). The predicted octanol–water partition coefficient (Wildman–Crippen LogP) is 3.78. The van der Waals surface area contributed by atoms with Crippen LogP contribution in [0.5, 0.6) is 0 Å². The maximum Gasteiger partial charge on any atom is 0.257 e. The Balaban J connectivity index is 1.51. The molecule has 1 atom stereocenters. The van der Waals surface area contributed by atoms with E-state index >= 15 is 0 Å². The summed E-state index contributed by atoms with van der Waals surface area (Å²) in [5, 5.41) is 0. The van der Waals surface area contributed by atoms with E-state index in [1.807, 2.05) is 4.90 Å². The molecule has 1 aliphatic carbocycles. The summed E-state index contributed by atoms with van der Waals surface area (Å²) in [7, 11) is 4.15. The molecule has 142 valence electrons. The summed E-state index contributed by atoms with van der Waals surface area (Å²) >= 11 is 0. The van der Waals surface area contributed by atoms with Crippen LogP contribution in [0.15, 0.2) is 36.7 Å². The van der Waals surface area contributed by atoms with Crippen LogP contribution in [0.25, 0.3) is 0 Å². The lowest BCUT2D eigenvalue weighted by atomic mass is 9.94. The number of rotatable bonds is 5. The molecule has 1 saturated heterocycles. The molecule has 1 amide bonds. The predicted molar refractivity (Wildman–Crippen MR) is 105 cm³/mol. The molecule has 1 saturated carbocycles. The van der Waals surface area contributed by atoms with Crippen LogP contribution in [0.4, 0.5) is 0 Å². The highest BCUT2D eigenvalue weighted by molar-refractivity contribution is 5.94. The molecule has 0 bridgehead atoms.